The highest BCUT2D eigenvalue weighted by Gasteiger charge is 2.15. The van der Waals surface area contributed by atoms with Crippen molar-refractivity contribution in [3.05, 3.63) is 87.6 Å². The molecule has 0 bridgehead atoms. The fourth-order valence-electron chi connectivity index (χ4n) is 3.60. The van der Waals surface area contributed by atoms with Crippen LogP contribution in [-0.2, 0) is 21.1 Å². The van der Waals surface area contributed by atoms with Gasteiger partial charge in [0.05, 0.1) is 26.0 Å². The van der Waals surface area contributed by atoms with Gasteiger partial charge in [-0.15, -0.1) is 10.2 Å². The molecule has 10 heteroatoms. The van der Waals surface area contributed by atoms with Crippen molar-refractivity contribution in [2.45, 2.75) is 0 Å². The Hall–Kier alpha value is -2.98. The first kappa shape index (κ1) is 24.7. The monoisotopic (exact) mass is 489 g/mol. The Kier molecular flexibility index (Phi) is 7.38. The zero-order valence-electron chi connectivity index (χ0n) is 18.1. The number of halogens is 2. The summed E-state index contributed by atoms with van der Waals surface area (Å²) >= 11 is 6.09. The first-order chi connectivity index (χ1) is 15.5. The van der Waals surface area contributed by atoms with Crippen molar-refractivity contribution < 1.29 is 33.4 Å². The largest absolute Gasteiger partial charge is 0.497 e. The lowest BCUT2D eigenvalue weighted by Crippen LogP contribution is -2.68. The number of rotatable bonds is 3. The number of hydrogen-bond acceptors (Lipinski definition) is 5. The molecule has 0 atom stereocenters. The van der Waals surface area contributed by atoms with E-state index in [0.717, 1.165) is 33.4 Å². The lowest BCUT2D eigenvalue weighted by Gasteiger charge is -2.17. The van der Waals surface area contributed by atoms with Gasteiger partial charge in [0.1, 0.15) is 5.69 Å². The Morgan fingerprint density at radius 1 is 0.909 bits per heavy atom. The number of aromatic nitrogens is 3. The molecule has 0 saturated carbocycles. The third-order valence-corrected chi connectivity index (χ3v) is 5.38. The van der Waals surface area contributed by atoms with Gasteiger partial charge in [0.2, 0.25) is 0 Å². The van der Waals surface area contributed by atoms with E-state index in [0.29, 0.717) is 5.02 Å². The first-order valence-corrected chi connectivity index (χ1v) is 11.3. The van der Waals surface area contributed by atoms with Crippen molar-refractivity contribution in [3.63, 3.8) is 0 Å². The highest BCUT2D eigenvalue weighted by Crippen LogP contribution is 2.34. The maximum absolute atomic E-state index is 12.2. The SMILES string of the molecule is Cn1c(/C=C/c2c(-c3ccc(Cl)cc3)n(C)c3ccccc23)cc[n+](C)c1=O.[O-][Cl+3]([O-])([O-])[O-]. The molecule has 0 unspecified atom stereocenters. The van der Waals surface area contributed by atoms with E-state index in [1.54, 1.807) is 29.4 Å². The van der Waals surface area contributed by atoms with Crippen LogP contribution in [0.5, 0.6) is 0 Å². The number of fused-ring (bicyclic) bond motifs is 1. The molecule has 4 rings (SSSR count). The van der Waals surface area contributed by atoms with Crippen LogP contribution in [0.4, 0.5) is 0 Å². The topological polar surface area (TPSA) is 123 Å². The van der Waals surface area contributed by atoms with Crippen molar-refractivity contribution in [2.24, 2.45) is 21.1 Å². The maximum Gasteiger partial charge on any atom is 0.497 e. The van der Waals surface area contributed by atoms with Gasteiger partial charge in [0, 0.05) is 34.6 Å². The van der Waals surface area contributed by atoms with Crippen LogP contribution in [0.15, 0.2) is 65.6 Å². The summed E-state index contributed by atoms with van der Waals surface area (Å²) in [6.07, 6.45) is 5.86. The predicted molar refractivity (Wildman–Crippen MR) is 115 cm³/mol. The molecule has 33 heavy (non-hydrogen) atoms. The molecule has 0 radical (unpaired) electrons. The minimum Gasteiger partial charge on any atom is -0.343 e. The molecule has 2 aromatic heterocycles. The molecular formula is C23H21Cl2N3O5. The zero-order valence-corrected chi connectivity index (χ0v) is 19.6. The van der Waals surface area contributed by atoms with Gasteiger partial charge in [-0.2, -0.15) is 9.36 Å². The lowest BCUT2D eigenvalue weighted by molar-refractivity contribution is -2.00. The molecule has 2 aromatic carbocycles. The second kappa shape index (κ2) is 9.88. The second-order valence-corrected chi connectivity index (χ2v) is 8.44. The molecule has 4 aromatic rings. The molecule has 8 nitrogen and oxygen atoms in total. The maximum atomic E-state index is 12.2. The van der Waals surface area contributed by atoms with E-state index in [2.05, 4.69) is 29.8 Å². The molecule has 0 amide bonds. The number of benzene rings is 2. The molecule has 0 aliphatic heterocycles. The number of aryl methyl sites for hydroxylation is 2. The number of hydrogen-bond donors (Lipinski definition) is 0. The number of para-hydroxylation sites is 1. The van der Waals surface area contributed by atoms with Gasteiger partial charge in [-0.1, -0.05) is 41.9 Å². The van der Waals surface area contributed by atoms with E-state index in [-0.39, 0.29) is 5.69 Å². The Morgan fingerprint density at radius 2 is 1.52 bits per heavy atom. The summed E-state index contributed by atoms with van der Waals surface area (Å²) < 4.78 is 39.4. The molecule has 0 aliphatic carbocycles. The first-order valence-electron chi connectivity index (χ1n) is 9.66. The van der Waals surface area contributed by atoms with Crippen LogP contribution in [0.2, 0.25) is 5.02 Å². The van der Waals surface area contributed by atoms with E-state index in [1.165, 1.54) is 0 Å². The van der Waals surface area contributed by atoms with Crippen LogP contribution in [-0.4, -0.2) is 9.13 Å². The van der Waals surface area contributed by atoms with Gasteiger partial charge in [-0.25, -0.2) is 23.2 Å². The summed E-state index contributed by atoms with van der Waals surface area (Å²) in [7, 11) is 0.659. The Bertz CT molecular complexity index is 1360. The number of nitrogens with zero attached hydrogens (tertiary/aromatic N) is 3. The lowest BCUT2D eigenvalue weighted by atomic mass is 10.0. The van der Waals surface area contributed by atoms with Gasteiger partial charge in [-0.05, 0) is 35.9 Å². The Labute approximate surface area is 197 Å². The average molecular weight is 490 g/mol. The minimum absolute atomic E-state index is 0.0574. The summed E-state index contributed by atoms with van der Waals surface area (Å²) in [6.45, 7) is 0. The third-order valence-electron chi connectivity index (χ3n) is 5.13. The molecule has 0 saturated heterocycles. The van der Waals surface area contributed by atoms with Crippen molar-refractivity contribution in [2.75, 3.05) is 0 Å². The van der Waals surface area contributed by atoms with E-state index in [4.69, 9.17) is 30.2 Å². The quantitative estimate of drug-likeness (QED) is 0.356. The van der Waals surface area contributed by atoms with Crippen molar-refractivity contribution >= 4 is 34.7 Å². The molecule has 0 aliphatic rings. The standard InChI is InChI=1S/C23H21ClN3O.ClHO4/c1-25-15-14-18(26(2)23(25)28)12-13-20-19-6-4-5-7-21(19)27(3)22(20)16-8-10-17(24)11-9-16;2-1(3,4)5/h4-15H,1-3H3;(H,2,3,4,5)/q+1;/p-1. The smallest absolute Gasteiger partial charge is 0.343 e. The van der Waals surface area contributed by atoms with E-state index in [1.807, 2.05) is 48.5 Å². The molecule has 0 fully saturated rings. The van der Waals surface area contributed by atoms with Crippen LogP contribution in [0.25, 0.3) is 34.3 Å². The van der Waals surface area contributed by atoms with E-state index in [9.17, 15) is 4.79 Å². The van der Waals surface area contributed by atoms with Crippen LogP contribution in [0.1, 0.15) is 11.3 Å². The summed E-state index contributed by atoms with van der Waals surface area (Å²) in [5, 5.41) is 1.88. The predicted octanol–water partition coefficient (Wildman–Crippen LogP) is -0.564. The molecule has 0 spiro atoms. The van der Waals surface area contributed by atoms with Crippen LogP contribution in [0.3, 0.4) is 0 Å². The van der Waals surface area contributed by atoms with Gasteiger partial charge in [0.15, 0.2) is 0 Å². The summed E-state index contributed by atoms with van der Waals surface area (Å²) in [4.78, 5) is 12.2. The van der Waals surface area contributed by atoms with Crippen molar-refractivity contribution in [3.8, 4) is 11.3 Å². The highest BCUT2D eigenvalue weighted by molar-refractivity contribution is 6.30. The van der Waals surface area contributed by atoms with Crippen molar-refractivity contribution in [1.29, 1.82) is 0 Å². The van der Waals surface area contributed by atoms with Gasteiger partial charge in [0.25, 0.3) is 0 Å². The van der Waals surface area contributed by atoms with Crippen LogP contribution < -0.4 is 28.9 Å². The van der Waals surface area contributed by atoms with Gasteiger partial charge >= 0.3 is 5.69 Å². The fourth-order valence-corrected chi connectivity index (χ4v) is 3.72. The van der Waals surface area contributed by atoms with Crippen LogP contribution in [0, 0.1) is 10.2 Å². The third kappa shape index (κ3) is 5.88. The Morgan fingerprint density at radius 3 is 2.15 bits per heavy atom. The highest BCUT2D eigenvalue weighted by atomic mass is 35.7. The van der Waals surface area contributed by atoms with E-state index < -0.39 is 10.2 Å². The van der Waals surface area contributed by atoms with Crippen LogP contribution >= 0.6 is 11.6 Å². The zero-order chi connectivity index (χ0) is 24.3. The van der Waals surface area contributed by atoms with Crippen molar-refractivity contribution in [1.82, 2.24) is 9.13 Å². The Balaban J connectivity index is 0.000000555. The fraction of sp³-hybridized carbons (Fsp3) is 0.130. The normalized spacial score (nSPS) is 11.6. The van der Waals surface area contributed by atoms with Gasteiger partial charge in [-0.3, -0.25) is 0 Å². The summed E-state index contributed by atoms with van der Waals surface area (Å²) in [5.74, 6) is 0. The van der Waals surface area contributed by atoms with E-state index >= 15 is 0 Å². The molecule has 2 heterocycles. The summed E-state index contributed by atoms with van der Waals surface area (Å²) in [5.41, 5.74) is 5.26. The minimum atomic E-state index is -4.94. The second-order valence-electron chi connectivity index (χ2n) is 7.25. The summed E-state index contributed by atoms with van der Waals surface area (Å²) in [6, 6.07) is 18.1. The average Bonchev–Trinajstić information content (AvgIpc) is 3.03. The molecule has 0 N–H and O–H groups in total. The molecular weight excluding hydrogens is 469 g/mol. The molecule has 172 valence electrons. The van der Waals surface area contributed by atoms with Gasteiger partial charge < -0.3 is 4.57 Å².